The van der Waals surface area contributed by atoms with Crippen LogP contribution in [0.5, 0.6) is 0 Å². The summed E-state index contributed by atoms with van der Waals surface area (Å²) in [7, 11) is 0. The van der Waals surface area contributed by atoms with Gasteiger partial charge in [0.15, 0.2) is 0 Å². The highest BCUT2D eigenvalue weighted by Gasteiger charge is 2.27. The summed E-state index contributed by atoms with van der Waals surface area (Å²) in [5.74, 6) is -2.96. The summed E-state index contributed by atoms with van der Waals surface area (Å²) in [5.41, 5.74) is 6.28. The minimum Gasteiger partial charge on any atom is -0.348 e. The maximum atomic E-state index is 13.8. The van der Waals surface area contributed by atoms with Gasteiger partial charge in [0.1, 0.15) is 0 Å². The number of thiocarbonyl (C=S) groups is 1. The lowest BCUT2D eigenvalue weighted by Crippen LogP contribution is -2.15. The van der Waals surface area contributed by atoms with Crippen LogP contribution >= 0.6 is 12.2 Å². The molecule has 0 atom stereocenters. The zero-order valence-electron chi connectivity index (χ0n) is 18.8. The first kappa shape index (κ1) is 23.6. The van der Waals surface area contributed by atoms with Gasteiger partial charge in [-0.3, -0.25) is 9.97 Å². The van der Waals surface area contributed by atoms with Crippen LogP contribution < -0.4 is 5.32 Å². The molecule has 4 nitrogen and oxygen atoms in total. The third-order valence-corrected chi connectivity index (χ3v) is 5.47. The van der Waals surface area contributed by atoms with Gasteiger partial charge in [0.25, 0.3) is 5.92 Å². The molecule has 2 heterocycles. The van der Waals surface area contributed by atoms with E-state index in [9.17, 15) is 8.78 Å². The first-order valence-electron chi connectivity index (χ1n) is 10.3. The molecule has 0 bridgehead atoms. The lowest BCUT2D eigenvalue weighted by molar-refractivity contribution is 0.0165. The zero-order valence-corrected chi connectivity index (χ0v) is 19.6. The van der Waals surface area contributed by atoms with Crippen LogP contribution in [0.4, 0.5) is 14.5 Å². The minimum absolute atomic E-state index is 0.110. The summed E-state index contributed by atoms with van der Waals surface area (Å²) < 4.78 is 27.5. The number of rotatable bonds is 6. The lowest BCUT2D eigenvalue weighted by Gasteiger charge is -2.15. The molecule has 0 amide bonds. The maximum absolute atomic E-state index is 13.8. The van der Waals surface area contributed by atoms with Gasteiger partial charge in [0.05, 0.1) is 40.2 Å². The van der Waals surface area contributed by atoms with E-state index < -0.39 is 5.92 Å². The van der Waals surface area contributed by atoms with Crippen molar-refractivity contribution in [3.05, 3.63) is 77.0 Å². The number of nitrogens with one attached hydrogen (secondary N) is 1. The molecule has 0 saturated carbocycles. The summed E-state index contributed by atoms with van der Waals surface area (Å²) in [4.78, 5) is 13.8. The lowest BCUT2D eigenvalue weighted by atomic mass is 10.1. The molecular formula is C25H26F2N4S. The predicted molar refractivity (Wildman–Crippen MR) is 130 cm³/mol. The molecule has 2 aromatic heterocycles. The van der Waals surface area contributed by atoms with E-state index in [0.29, 0.717) is 22.8 Å². The van der Waals surface area contributed by atoms with Crippen LogP contribution in [-0.4, -0.2) is 19.9 Å². The molecule has 0 saturated heterocycles. The molecule has 1 aromatic carbocycles. The number of pyridine rings is 1. The fourth-order valence-electron chi connectivity index (χ4n) is 3.33. The standard InChI is InChI=1S/C25H26F2N4S/c1-6-15(2)24-17(4)29-14-22(31-24)19-9-7-18(8-10-19)11-23(32)30-20-12-21(25(5,26)27)16(3)28-13-20/h6-10,12-14H,11H2,1-5H3,(H,30,32)/b15-6-. The van der Waals surface area contributed by atoms with Crippen molar-refractivity contribution in [1.29, 1.82) is 0 Å². The Morgan fingerprint density at radius 1 is 1.09 bits per heavy atom. The number of allylic oxidation sites excluding steroid dienone is 2. The summed E-state index contributed by atoms with van der Waals surface area (Å²) in [5, 5.41) is 3.02. The topological polar surface area (TPSA) is 50.7 Å². The van der Waals surface area contributed by atoms with E-state index in [1.807, 2.05) is 51.1 Å². The Labute approximate surface area is 192 Å². The molecule has 0 spiro atoms. The monoisotopic (exact) mass is 452 g/mol. The molecule has 3 aromatic rings. The Hall–Kier alpha value is -3.06. The second-order valence-corrected chi connectivity index (χ2v) is 8.32. The molecule has 0 fully saturated rings. The Morgan fingerprint density at radius 3 is 2.38 bits per heavy atom. The molecule has 1 N–H and O–H groups in total. The highest BCUT2D eigenvalue weighted by atomic mass is 32.1. The Morgan fingerprint density at radius 2 is 1.75 bits per heavy atom. The van der Waals surface area contributed by atoms with Crippen molar-refractivity contribution in [1.82, 2.24) is 15.0 Å². The van der Waals surface area contributed by atoms with Gasteiger partial charge in [-0.15, -0.1) is 0 Å². The van der Waals surface area contributed by atoms with Crippen LogP contribution in [0.15, 0.2) is 48.8 Å². The van der Waals surface area contributed by atoms with Crippen molar-refractivity contribution < 1.29 is 8.78 Å². The summed E-state index contributed by atoms with van der Waals surface area (Å²) >= 11 is 5.43. The first-order chi connectivity index (χ1) is 15.1. The van der Waals surface area contributed by atoms with E-state index in [0.717, 1.165) is 40.7 Å². The van der Waals surface area contributed by atoms with E-state index in [-0.39, 0.29) is 5.56 Å². The van der Waals surface area contributed by atoms with Crippen LogP contribution in [-0.2, 0) is 12.3 Å². The van der Waals surface area contributed by atoms with Crippen molar-refractivity contribution >= 4 is 28.5 Å². The second kappa shape index (κ2) is 9.61. The largest absolute Gasteiger partial charge is 0.348 e. The number of nitrogens with zero attached hydrogens (tertiary/aromatic N) is 3. The summed E-state index contributed by atoms with van der Waals surface area (Å²) in [6, 6.07) is 9.32. The molecule has 0 unspecified atom stereocenters. The van der Waals surface area contributed by atoms with E-state index in [4.69, 9.17) is 17.2 Å². The average Bonchev–Trinajstić information content (AvgIpc) is 2.74. The van der Waals surface area contributed by atoms with Gasteiger partial charge in [0, 0.05) is 30.2 Å². The number of hydrogen-bond donors (Lipinski definition) is 1. The molecule has 7 heteroatoms. The average molecular weight is 453 g/mol. The van der Waals surface area contributed by atoms with Crippen LogP contribution in [0.1, 0.15) is 49.0 Å². The highest BCUT2D eigenvalue weighted by Crippen LogP contribution is 2.30. The van der Waals surface area contributed by atoms with Gasteiger partial charge in [-0.2, -0.15) is 0 Å². The van der Waals surface area contributed by atoms with Crippen molar-refractivity contribution in [3.63, 3.8) is 0 Å². The van der Waals surface area contributed by atoms with Gasteiger partial charge >= 0.3 is 0 Å². The predicted octanol–water partition coefficient (Wildman–Crippen LogP) is 6.67. The van der Waals surface area contributed by atoms with Crippen molar-refractivity contribution in [3.8, 4) is 11.3 Å². The van der Waals surface area contributed by atoms with Gasteiger partial charge in [0.2, 0.25) is 0 Å². The normalized spacial score (nSPS) is 12.0. The number of alkyl halides is 2. The number of anilines is 1. The smallest absolute Gasteiger partial charge is 0.272 e. The third kappa shape index (κ3) is 5.59. The SMILES string of the molecule is C/C=C(/C)c1nc(-c2ccc(CC(=S)Nc3cnc(C)c(C(C)(F)F)c3)cc2)cnc1C. The Kier molecular flexibility index (Phi) is 7.09. The number of aryl methyl sites for hydroxylation is 2. The second-order valence-electron chi connectivity index (χ2n) is 7.83. The zero-order chi connectivity index (χ0) is 23.5. The first-order valence-corrected chi connectivity index (χ1v) is 10.7. The van der Waals surface area contributed by atoms with Crippen LogP contribution in [0, 0.1) is 13.8 Å². The Balaban J connectivity index is 1.72. The van der Waals surface area contributed by atoms with Crippen molar-refractivity contribution in [2.45, 2.75) is 47.0 Å². The van der Waals surface area contributed by atoms with Gasteiger partial charge in [-0.25, -0.2) is 13.8 Å². The van der Waals surface area contributed by atoms with Crippen LogP contribution in [0.2, 0.25) is 0 Å². The molecule has 0 aliphatic rings. The van der Waals surface area contributed by atoms with Gasteiger partial charge < -0.3 is 5.32 Å². The maximum Gasteiger partial charge on any atom is 0.272 e. The van der Waals surface area contributed by atoms with Gasteiger partial charge in [-0.05, 0) is 44.9 Å². The van der Waals surface area contributed by atoms with Crippen molar-refractivity contribution in [2.75, 3.05) is 5.32 Å². The molecule has 166 valence electrons. The van der Waals surface area contributed by atoms with Gasteiger partial charge in [-0.1, -0.05) is 42.6 Å². The fraction of sp³-hybridized carbons (Fsp3) is 0.280. The molecule has 0 radical (unpaired) electrons. The molecule has 32 heavy (non-hydrogen) atoms. The molecule has 3 rings (SSSR count). The fourth-order valence-corrected chi connectivity index (χ4v) is 3.61. The number of halogens is 2. The third-order valence-electron chi connectivity index (χ3n) is 5.22. The number of benzene rings is 1. The minimum atomic E-state index is -2.96. The summed E-state index contributed by atoms with van der Waals surface area (Å²) in [6.45, 7) is 8.38. The van der Waals surface area contributed by atoms with Crippen LogP contribution in [0.25, 0.3) is 16.8 Å². The molecule has 0 aliphatic heterocycles. The van der Waals surface area contributed by atoms with E-state index in [2.05, 4.69) is 15.3 Å². The molecular weight excluding hydrogens is 426 g/mol. The van der Waals surface area contributed by atoms with Crippen LogP contribution in [0.3, 0.4) is 0 Å². The number of hydrogen-bond acceptors (Lipinski definition) is 4. The van der Waals surface area contributed by atoms with E-state index in [1.165, 1.54) is 12.3 Å². The van der Waals surface area contributed by atoms with E-state index in [1.54, 1.807) is 13.1 Å². The number of aromatic nitrogens is 3. The highest BCUT2D eigenvalue weighted by molar-refractivity contribution is 7.80. The summed E-state index contributed by atoms with van der Waals surface area (Å²) in [6.07, 6.45) is 5.78. The van der Waals surface area contributed by atoms with Crippen molar-refractivity contribution in [2.24, 2.45) is 0 Å². The Bertz CT molecular complexity index is 1170. The molecule has 0 aliphatic carbocycles. The quantitative estimate of drug-likeness (QED) is 0.423. The van der Waals surface area contributed by atoms with E-state index >= 15 is 0 Å².